The molecule has 0 radical (unpaired) electrons. The van der Waals surface area contributed by atoms with Gasteiger partial charge in [-0.05, 0) is 30.3 Å². The van der Waals surface area contributed by atoms with E-state index in [1.54, 1.807) is 6.07 Å². The van der Waals surface area contributed by atoms with Gasteiger partial charge >= 0.3 is 6.18 Å². The second-order valence-electron chi connectivity index (χ2n) is 5.31. The molecule has 0 fully saturated rings. The number of likely N-dealkylation sites (N-methyl/N-ethyl adjacent to an activating group) is 1. The lowest BCUT2D eigenvalue weighted by Gasteiger charge is -2.17. The molecule has 0 saturated carbocycles. The molecule has 0 aliphatic rings. The highest BCUT2D eigenvalue weighted by Crippen LogP contribution is 2.36. The normalized spacial score (nSPS) is 12.2. The van der Waals surface area contributed by atoms with Gasteiger partial charge in [-0.15, -0.1) is 0 Å². The van der Waals surface area contributed by atoms with Gasteiger partial charge in [0, 0.05) is 12.7 Å². The van der Waals surface area contributed by atoms with Gasteiger partial charge in [0.2, 0.25) is 15.9 Å². The molecule has 5 nitrogen and oxygen atoms in total. The standard InChI is InChI=1S/C16H14ClF3N2O3S/c1-22(26(24,25)12-5-3-2-4-6-12)10-15(23)21-11-7-8-14(17)13(9-11)16(18,19)20/h2-9H,10H2,1H3,(H,21,23). The lowest BCUT2D eigenvalue weighted by Crippen LogP contribution is -2.35. The first-order chi connectivity index (χ1) is 12.0. The van der Waals surface area contributed by atoms with Crippen molar-refractivity contribution in [2.75, 3.05) is 18.9 Å². The molecule has 1 amide bonds. The van der Waals surface area contributed by atoms with Gasteiger partial charge in [0.05, 0.1) is 22.0 Å². The summed E-state index contributed by atoms with van der Waals surface area (Å²) in [7, 11) is -2.69. The third kappa shape index (κ3) is 4.75. The molecule has 0 aliphatic heterocycles. The number of carbonyl (C=O) groups excluding carboxylic acids is 1. The minimum absolute atomic E-state index is 0.00107. The molecule has 2 aromatic rings. The summed E-state index contributed by atoms with van der Waals surface area (Å²) >= 11 is 5.51. The highest BCUT2D eigenvalue weighted by Gasteiger charge is 2.33. The third-order valence-electron chi connectivity index (χ3n) is 3.37. The van der Waals surface area contributed by atoms with Crippen molar-refractivity contribution in [1.29, 1.82) is 0 Å². The van der Waals surface area contributed by atoms with Crippen molar-refractivity contribution in [3.05, 3.63) is 59.1 Å². The van der Waals surface area contributed by atoms with Crippen molar-refractivity contribution in [2.24, 2.45) is 0 Å². The molecule has 0 spiro atoms. The Kier molecular flexibility index (Phi) is 5.94. The van der Waals surface area contributed by atoms with Crippen LogP contribution in [0.2, 0.25) is 5.02 Å². The van der Waals surface area contributed by atoms with Crippen LogP contribution in [-0.4, -0.2) is 32.2 Å². The quantitative estimate of drug-likeness (QED) is 0.824. The van der Waals surface area contributed by atoms with Crippen LogP contribution in [0.1, 0.15) is 5.56 Å². The molecule has 0 bridgehead atoms. The summed E-state index contributed by atoms with van der Waals surface area (Å²) in [5, 5.41) is 1.73. The number of alkyl halides is 3. The second-order valence-corrected chi connectivity index (χ2v) is 7.77. The summed E-state index contributed by atoms with van der Waals surface area (Å²) in [5.74, 6) is -0.789. The van der Waals surface area contributed by atoms with Gasteiger partial charge in [-0.3, -0.25) is 4.79 Å². The average Bonchev–Trinajstić information content (AvgIpc) is 2.56. The van der Waals surface area contributed by atoms with Gasteiger partial charge in [-0.1, -0.05) is 29.8 Å². The van der Waals surface area contributed by atoms with Crippen LogP contribution in [0.15, 0.2) is 53.4 Å². The molecule has 26 heavy (non-hydrogen) atoms. The van der Waals surface area contributed by atoms with Gasteiger partial charge in [0.25, 0.3) is 0 Å². The largest absolute Gasteiger partial charge is 0.417 e. The Hall–Kier alpha value is -2.10. The summed E-state index contributed by atoms with van der Waals surface area (Å²) in [6.45, 7) is -0.568. The first-order valence-electron chi connectivity index (χ1n) is 7.20. The van der Waals surface area contributed by atoms with Crippen LogP contribution in [0.3, 0.4) is 0 Å². The SMILES string of the molecule is CN(CC(=O)Nc1ccc(Cl)c(C(F)(F)F)c1)S(=O)(=O)c1ccccc1. The Bertz CT molecular complexity index is 903. The zero-order valence-corrected chi connectivity index (χ0v) is 15.0. The first kappa shape index (κ1) is 20.2. The van der Waals surface area contributed by atoms with Crippen molar-refractivity contribution in [2.45, 2.75) is 11.1 Å². The number of rotatable bonds is 5. The molecule has 0 aliphatic carbocycles. The molecule has 0 unspecified atom stereocenters. The van der Waals surface area contributed by atoms with Crippen molar-refractivity contribution >= 4 is 33.2 Å². The lowest BCUT2D eigenvalue weighted by atomic mass is 10.2. The molecule has 0 aromatic heterocycles. The van der Waals surface area contributed by atoms with E-state index in [1.807, 2.05) is 0 Å². The molecule has 0 heterocycles. The highest BCUT2D eigenvalue weighted by atomic mass is 35.5. The number of benzene rings is 2. The predicted octanol–water partition coefficient (Wildman–Crippen LogP) is 3.62. The van der Waals surface area contributed by atoms with Crippen LogP contribution in [0.5, 0.6) is 0 Å². The van der Waals surface area contributed by atoms with Crippen LogP contribution < -0.4 is 5.32 Å². The summed E-state index contributed by atoms with van der Waals surface area (Å²) in [6.07, 6.45) is -4.68. The number of hydrogen-bond acceptors (Lipinski definition) is 3. The van der Waals surface area contributed by atoms with Crippen LogP contribution in [0, 0.1) is 0 Å². The Labute approximate surface area is 153 Å². The number of sulfonamides is 1. The Morgan fingerprint density at radius 3 is 2.35 bits per heavy atom. The van der Waals surface area contributed by atoms with E-state index in [9.17, 15) is 26.4 Å². The van der Waals surface area contributed by atoms with Gasteiger partial charge in [-0.25, -0.2) is 8.42 Å². The number of nitrogens with zero attached hydrogens (tertiary/aromatic N) is 1. The molecule has 2 rings (SSSR count). The van der Waals surface area contributed by atoms with Crippen LogP contribution >= 0.6 is 11.6 Å². The van der Waals surface area contributed by atoms with Crippen molar-refractivity contribution in [3.63, 3.8) is 0 Å². The minimum Gasteiger partial charge on any atom is -0.325 e. The van der Waals surface area contributed by atoms with Crippen LogP contribution in [0.4, 0.5) is 18.9 Å². The monoisotopic (exact) mass is 406 g/mol. The van der Waals surface area contributed by atoms with Gasteiger partial charge in [0.1, 0.15) is 0 Å². The predicted molar refractivity (Wildman–Crippen MR) is 91.3 cm³/mol. The maximum absolute atomic E-state index is 12.8. The first-order valence-corrected chi connectivity index (χ1v) is 9.01. The lowest BCUT2D eigenvalue weighted by molar-refractivity contribution is -0.137. The average molecular weight is 407 g/mol. The molecular formula is C16H14ClF3N2O3S. The molecule has 10 heteroatoms. The number of amides is 1. The molecule has 140 valence electrons. The van der Waals surface area contributed by atoms with E-state index in [4.69, 9.17) is 11.6 Å². The summed E-state index contributed by atoms with van der Waals surface area (Å²) in [5.41, 5.74) is -1.24. The van der Waals surface area contributed by atoms with Gasteiger partial charge < -0.3 is 5.32 Å². The number of halogens is 4. The maximum atomic E-state index is 12.8. The highest BCUT2D eigenvalue weighted by molar-refractivity contribution is 7.89. The molecule has 1 N–H and O–H groups in total. The van der Waals surface area contributed by atoms with Gasteiger partial charge in [0.15, 0.2) is 0 Å². The minimum atomic E-state index is -4.68. The smallest absolute Gasteiger partial charge is 0.325 e. The van der Waals surface area contributed by atoms with E-state index in [0.717, 1.165) is 10.4 Å². The zero-order valence-electron chi connectivity index (χ0n) is 13.4. The fourth-order valence-corrected chi connectivity index (χ4v) is 3.45. The zero-order chi connectivity index (χ0) is 19.5. The fraction of sp³-hybridized carbons (Fsp3) is 0.188. The Morgan fingerprint density at radius 2 is 1.77 bits per heavy atom. The number of hydrogen-bond donors (Lipinski definition) is 1. The molecule has 2 aromatic carbocycles. The van der Waals surface area contributed by atoms with E-state index >= 15 is 0 Å². The van der Waals surface area contributed by atoms with E-state index in [-0.39, 0.29) is 10.6 Å². The molecule has 0 saturated heterocycles. The van der Waals surface area contributed by atoms with E-state index in [1.165, 1.54) is 37.4 Å². The van der Waals surface area contributed by atoms with Crippen molar-refractivity contribution in [3.8, 4) is 0 Å². The topological polar surface area (TPSA) is 66.5 Å². The summed E-state index contributed by atoms with van der Waals surface area (Å²) in [4.78, 5) is 12.0. The van der Waals surface area contributed by atoms with Crippen molar-refractivity contribution < 1.29 is 26.4 Å². The summed E-state index contributed by atoms with van der Waals surface area (Å²) in [6, 6.07) is 10.3. The molecular weight excluding hydrogens is 393 g/mol. The maximum Gasteiger partial charge on any atom is 0.417 e. The molecule has 0 atom stereocenters. The van der Waals surface area contributed by atoms with E-state index in [2.05, 4.69) is 5.32 Å². The second kappa shape index (κ2) is 7.65. The number of carbonyl (C=O) groups is 1. The number of nitrogens with one attached hydrogen (secondary N) is 1. The van der Waals surface area contributed by atoms with Crippen LogP contribution in [-0.2, 0) is 21.0 Å². The Balaban J connectivity index is 2.12. The fourth-order valence-electron chi connectivity index (χ4n) is 2.08. The van der Waals surface area contributed by atoms with Gasteiger partial charge in [-0.2, -0.15) is 17.5 Å². The summed E-state index contributed by atoms with van der Waals surface area (Å²) < 4.78 is 64.0. The van der Waals surface area contributed by atoms with E-state index < -0.39 is 39.2 Å². The Morgan fingerprint density at radius 1 is 1.15 bits per heavy atom. The third-order valence-corrected chi connectivity index (χ3v) is 5.52. The van der Waals surface area contributed by atoms with Crippen molar-refractivity contribution in [1.82, 2.24) is 4.31 Å². The van der Waals surface area contributed by atoms with Crippen LogP contribution in [0.25, 0.3) is 0 Å². The van der Waals surface area contributed by atoms with E-state index in [0.29, 0.717) is 6.07 Å². The number of anilines is 1.